The molecule has 1 aliphatic rings. The topological polar surface area (TPSA) is 58.4 Å². The fourth-order valence-electron chi connectivity index (χ4n) is 1.79. The highest BCUT2D eigenvalue weighted by molar-refractivity contribution is 5.81. The van der Waals surface area contributed by atoms with E-state index in [2.05, 4.69) is 5.32 Å². The summed E-state index contributed by atoms with van der Waals surface area (Å²) in [7, 11) is 1.91. The van der Waals surface area contributed by atoms with Crippen molar-refractivity contribution in [3.05, 3.63) is 0 Å². The summed E-state index contributed by atoms with van der Waals surface area (Å²) in [5, 5.41) is 3.05. The molecule has 14 heavy (non-hydrogen) atoms. The molecule has 1 fully saturated rings. The molecule has 1 heterocycles. The first-order chi connectivity index (χ1) is 6.75. The summed E-state index contributed by atoms with van der Waals surface area (Å²) >= 11 is 0. The van der Waals surface area contributed by atoms with E-state index >= 15 is 0 Å². The molecule has 0 spiro atoms. The van der Waals surface area contributed by atoms with E-state index in [0.717, 1.165) is 45.3 Å². The molecule has 0 aliphatic carbocycles. The van der Waals surface area contributed by atoms with Crippen molar-refractivity contribution in [1.82, 2.24) is 10.2 Å². The van der Waals surface area contributed by atoms with Gasteiger partial charge in [0, 0.05) is 13.1 Å². The normalized spacial score (nSPS) is 18.6. The molecular weight excluding hydrogens is 178 g/mol. The molecule has 1 amide bonds. The zero-order valence-corrected chi connectivity index (χ0v) is 8.96. The predicted octanol–water partition coefficient (Wildman–Crippen LogP) is -0.0643. The summed E-state index contributed by atoms with van der Waals surface area (Å²) in [5.74, 6) is 0.138. The fourth-order valence-corrected chi connectivity index (χ4v) is 1.79. The van der Waals surface area contributed by atoms with Gasteiger partial charge in [-0.25, -0.2) is 0 Å². The lowest BCUT2D eigenvalue weighted by atomic mass is 10.1. The Hall–Kier alpha value is -0.610. The molecule has 0 unspecified atom stereocenters. The van der Waals surface area contributed by atoms with Gasteiger partial charge in [0.1, 0.15) is 0 Å². The van der Waals surface area contributed by atoms with Crippen LogP contribution in [0.15, 0.2) is 0 Å². The van der Waals surface area contributed by atoms with Crippen molar-refractivity contribution in [2.24, 2.45) is 5.73 Å². The Morgan fingerprint density at radius 2 is 2.14 bits per heavy atom. The predicted molar refractivity (Wildman–Crippen MR) is 57.0 cm³/mol. The largest absolute Gasteiger partial charge is 0.341 e. The molecule has 0 bridgehead atoms. The van der Waals surface area contributed by atoms with E-state index < -0.39 is 0 Å². The number of hydrogen-bond acceptors (Lipinski definition) is 3. The van der Waals surface area contributed by atoms with Crippen LogP contribution in [0.3, 0.4) is 0 Å². The van der Waals surface area contributed by atoms with Gasteiger partial charge in [-0.05, 0) is 39.3 Å². The van der Waals surface area contributed by atoms with Crippen LogP contribution in [-0.4, -0.2) is 43.5 Å². The van der Waals surface area contributed by atoms with Gasteiger partial charge < -0.3 is 16.0 Å². The van der Waals surface area contributed by atoms with Crippen molar-refractivity contribution in [3.63, 3.8) is 0 Å². The third-order valence-corrected chi connectivity index (χ3v) is 2.68. The van der Waals surface area contributed by atoms with E-state index in [1.807, 2.05) is 11.9 Å². The van der Waals surface area contributed by atoms with E-state index in [0.29, 0.717) is 0 Å². The van der Waals surface area contributed by atoms with Crippen LogP contribution in [-0.2, 0) is 4.79 Å². The monoisotopic (exact) mass is 199 g/mol. The molecule has 4 heteroatoms. The second kappa shape index (κ2) is 5.98. The summed E-state index contributed by atoms with van der Waals surface area (Å²) in [6, 6.07) is -0.290. The summed E-state index contributed by atoms with van der Waals surface area (Å²) in [4.78, 5) is 13.6. The molecule has 0 aromatic heterocycles. The molecule has 1 saturated heterocycles. The van der Waals surface area contributed by atoms with Gasteiger partial charge in [-0.2, -0.15) is 0 Å². The van der Waals surface area contributed by atoms with E-state index in [4.69, 9.17) is 5.73 Å². The van der Waals surface area contributed by atoms with Crippen LogP contribution in [0.25, 0.3) is 0 Å². The average molecular weight is 199 g/mol. The highest BCUT2D eigenvalue weighted by atomic mass is 16.2. The highest BCUT2D eigenvalue weighted by Crippen LogP contribution is 2.09. The maximum Gasteiger partial charge on any atom is 0.239 e. The van der Waals surface area contributed by atoms with E-state index in [9.17, 15) is 4.79 Å². The molecule has 0 radical (unpaired) electrons. The van der Waals surface area contributed by atoms with Crippen LogP contribution in [0.4, 0.5) is 0 Å². The fraction of sp³-hybridized carbons (Fsp3) is 0.900. The van der Waals surface area contributed by atoms with Gasteiger partial charge >= 0.3 is 0 Å². The molecule has 4 nitrogen and oxygen atoms in total. The molecule has 0 saturated carbocycles. The first-order valence-electron chi connectivity index (χ1n) is 5.44. The lowest BCUT2D eigenvalue weighted by Gasteiger charge is -2.19. The van der Waals surface area contributed by atoms with Gasteiger partial charge in [-0.15, -0.1) is 0 Å². The summed E-state index contributed by atoms with van der Waals surface area (Å²) in [5.41, 5.74) is 5.82. The van der Waals surface area contributed by atoms with Crippen molar-refractivity contribution in [1.29, 1.82) is 0 Å². The Morgan fingerprint density at radius 3 is 2.71 bits per heavy atom. The van der Waals surface area contributed by atoms with Gasteiger partial charge in [-0.1, -0.05) is 0 Å². The number of carbonyl (C=O) groups is 1. The maximum atomic E-state index is 11.7. The third-order valence-electron chi connectivity index (χ3n) is 2.68. The average Bonchev–Trinajstić information content (AvgIpc) is 2.69. The van der Waals surface area contributed by atoms with Crippen LogP contribution in [0, 0.1) is 0 Å². The van der Waals surface area contributed by atoms with Crippen molar-refractivity contribution in [3.8, 4) is 0 Å². The van der Waals surface area contributed by atoms with Crippen molar-refractivity contribution in [2.75, 3.05) is 26.7 Å². The Labute approximate surface area is 85.8 Å². The van der Waals surface area contributed by atoms with Gasteiger partial charge in [0.2, 0.25) is 5.91 Å². The molecule has 1 atom stereocenters. The van der Waals surface area contributed by atoms with Gasteiger partial charge in [0.05, 0.1) is 6.04 Å². The lowest BCUT2D eigenvalue weighted by molar-refractivity contribution is -0.131. The first-order valence-corrected chi connectivity index (χ1v) is 5.44. The molecule has 1 aliphatic heterocycles. The van der Waals surface area contributed by atoms with E-state index in [-0.39, 0.29) is 11.9 Å². The molecule has 0 aromatic carbocycles. The summed E-state index contributed by atoms with van der Waals surface area (Å²) < 4.78 is 0. The minimum absolute atomic E-state index is 0.138. The van der Waals surface area contributed by atoms with Gasteiger partial charge in [0.15, 0.2) is 0 Å². The number of nitrogens with two attached hydrogens (primary N) is 1. The number of rotatable bonds is 5. The van der Waals surface area contributed by atoms with Crippen molar-refractivity contribution in [2.45, 2.75) is 31.7 Å². The number of nitrogens with one attached hydrogen (secondary N) is 1. The number of likely N-dealkylation sites (tertiary alicyclic amines) is 1. The van der Waals surface area contributed by atoms with Crippen molar-refractivity contribution < 1.29 is 4.79 Å². The standard InChI is InChI=1S/C10H21N3O/c1-12-6-4-5-9(11)10(14)13-7-2-3-8-13/h9,12H,2-8,11H2,1H3/t9-/m0/s1. The van der Waals surface area contributed by atoms with Crippen LogP contribution in [0.5, 0.6) is 0 Å². The van der Waals surface area contributed by atoms with E-state index in [1.165, 1.54) is 0 Å². The molecular formula is C10H21N3O. The number of nitrogens with zero attached hydrogens (tertiary/aromatic N) is 1. The smallest absolute Gasteiger partial charge is 0.239 e. The van der Waals surface area contributed by atoms with Crippen LogP contribution in [0.2, 0.25) is 0 Å². The van der Waals surface area contributed by atoms with Crippen LogP contribution in [0.1, 0.15) is 25.7 Å². The zero-order chi connectivity index (χ0) is 10.4. The third kappa shape index (κ3) is 3.27. The van der Waals surface area contributed by atoms with Crippen molar-refractivity contribution >= 4 is 5.91 Å². The summed E-state index contributed by atoms with van der Waals surface area (Å²) in [6.45, 7) is 2.73. The number of hydrogen-bond donors (Lipinski definition) is 2. The number of carbonyl (C=O) groups excluding carboxylic acids is 1. The lowest BCUT2D eigenvalue weighted by Crippen LogP contribution is -2.42. The highest BCUT2D eigenvalue weighted by Gasteiger charge is 2.22. The minimum Gasteiger partial charge on any atom is -0.341 e. The van der Waals surface area contributed by atoms with Gasteiger partial charge in [-0.3, -0.25) is 4.79 Å². The molecule has 3 N–H and O–H groups in total. The van der Waals surface area contributed by atoms with E-state index in [1.54, 1.807) is 0 Å². The maximum absolute atomic E-state index is 11.7. The quantitative estimate of drug-likeness (QED) is 0.610. The molecule has 82 valence electrons. The van der Waals surface area contributed by atoms with Gasteiger partial charge in [0.25, 0.3) is 0 Å². The Kier molecular flexibility index (Phi) is 4.90. The Morgan fingerprint density at radius 1 is 1.50 bits per heavy atom. The molecule has 1 rings (SSSR count). The Balaban J connectivity index is 2.21. The second-order valence-electron chi connectivity index (χ2n) is 3.88. The summed E-state index contributed by atoms with van der Waals surface area (Å²) in [6.07, 6.45) is 4.03. The molecule has 0 aromatic rings. The SMILES string of the molecule is CNCCC[C@H](N)C(=O)N1CCCC1. The number of amides is 1. The first kappa shape index (κ1) is 11.5. The van der Waals surface area contributed by atoms with Crippen LogP contribution < -0.4 is 11.1 Å². The Bertz CT molecular complexity index is 178. The zero-order valence-electron chi connectivity index (χ0n) is 8.96. The van der Waals surface area contributed by atoms with Crippen LogP contribution >= 0.6 is 0 Å². The minimum atomic E-state index is -0.290. The second-order valence-corrected chi connectivity index (χ2v) is 3.88.